The van der Waals surface area contributed by atoms with Gasteiger partial charge in [0.1, 0.15) is 18.2 Å². The van der Waals surface area contributed by atoms with Crippen LogP contribution in [0.3, 0.4) is 0 Å². The number of Topliss-reactive ketones (excluding diaryl/α,β-unsaturated/α-hetero) is 1. The molecule has 130 valence electrons. The molecule has 0 spiro atoms. The number of ether oxygens (including phenoxy) is 1. The van der Waals surface area contributed by atoms with Gasteiger partial charge in [0, 0.05) is 0 Å². The molecular weight excluding hydrogens is 315 g/mol. The molecule has 0 radical (unpaired) electrons. The summed E-state index contributed by atoms with van der Waals surface area (Å²) in [4.78, 5) is 11.7. The van der Waals surface area contributed by atoms with E-state index in [9.17, 15) is 9.18 Å². The molecule has 2 aromatic carbocycles. The van der Waals surface area contributed by atoms with Gasteiger partial charge in [-0.05, 0) is 49.1 Å². The van der Waals surface area contributed by atoms with Crippen molar-refractivity contribution in [2.45, 2.75) is 33.8 Å². The Labute approximate surface area is 148 Å². The van der Waals surface area contributed by atoms with Gasteiger partial charge in [-0.1, -0.05) is 55.5 Å². The molecule has 0 saturated heterocycles. The van der Waals surface area contributed by atoms with Crippen LogP contribution in [-0.4, -0.2) is 5.78 Å². The summed E-state index contributed by atoms with van der Waals surface area (Å²) in [6, 6.07) is 12.4. The third kappa shape index (κ3) is 4.66. The zero-order chi connectivity index (χ0) is 18.2. The first-order chi connectivity index (χ1) is 12.1. The van der Waals surface area contributed by atoms with Crippen LogP contribution in [0.1, 0.15) is 48.7 Å². The van der Waals surface area contributed by atoms with E-state index >= 15 is 0 Å². The third-order valence-electron chi connectivity index (χ3n) is 3.88. The zero-order valence-corrected chi connectivity index (χ0v) is 14.9. The van der Waals surface area contributed by atoms with E-state index in [1.165, 1.54) is 13.0 Å². The van der Waals surface area contributed by atoms with E-state index < -0.39 is 5.82 Å². The predicted octanol–water partition coefficient (Wildman–Crippen LogP) is 5.98. The number of carbonyl (C=O) groups is 1. The van der Waals surface area contributed by atoms with Gasteiger partial charge in [0.05, 0.1) is 5.56 Å². The Morgan fingerprint density at radius 3 is 2.60 bits per heavy atom. The second kappa shape index (κ2) is 8.97. The molecule has 0 aliphatic rings. The molecule has 0 aromatic heterocycles. The van der Waals surface area contributed by atoms with Gasteiger partial charge in [0.15, 0.2) is 5.78 Å². The van der Waals surface area contributed by atoms with Gasteiger partial charge in [-0.25, -0.2) is 4.39 Å². The Bertz CT molecular complexity index is 803. The number of benzene rings is 2. The number of carbonyl (C=O) groups excluding carboxylic acids is 1. The van der Waals surface area contributed by atoms with Gasteiger partial charge in [-0.2, -0.15) is 0 Å². The number of hydrogen-bond acceptors (Lipinski definition) is 2. The topological polar surface area (TPSA) is 26.3 Å². The second-order valence-electron chi connectivity index (χ2n) is 5.67. The number of ketones is 1. The molecule has 0 N–H and O–H groups in total. The van der Waals surface area contributed by atoms with Gasteiger partial charge in [0.25, 0.3) is 0 Å². The van der Waals surface area contributed by atoms with Crippen molar-refractivity contribution in [3.05, 3.63) is 83.2 Å². The lowest BCUT2D eigenvalue weighted by molar-refractivity contribution is 0.100. The summed E-state index contributed by atoms with van der Waals surface area (Å²) in [6.45, 7) is 5.68. The lowest BCUT2D eigenvalue weighted by atomic mass is 9.99. The molecule has 0 aliphatic heterocycles. The van der Waals surface area contributed by atoms with E-state index in [2.05, 4.69) is 19.1 Å². The Morgan fingerprint density at radius 1 is 1.16 bits per heavy atom. The van der Waals surface area contributed by atoms with Crippen molar-refractivity contribution in [2.75, 3.05) is 0 Å². The second-order valence-corrected chi connectivity index (χ2v) is 5.67. The highest BCUT2D eigenvalue weighted by Gasteiger charge is 2.15. The summed E-state index contributed by atoms with van der Waals surface area (Å²) in [5.74, 6) is -0.631. The summed E-state index contributed by atoms with van der Waals surface area (Å²) in [5, 5.41) is 0. The molecule has 0 fully saturated rings. The summed E-state index contributed by atoms with van der Waals surface area (Å²) in [5.41, 5.74) is 3.15. The SMILES string of the molecule is C/C=C(\C=C/CC)c1ccccc1COc1cccc(F)c1C(C)=O. The van der Waals surface area contributed by atoms with Gasteiger partial charge in [-0.15, -0.1) is 0 Å². The van der Waals surface area contributed by atoms with Crippen molar-refractivity contribution in [3.8, 4) is 5.75 Å². The fraction of sp³-hybridized carbons (Fsp3) is 0.227. The molecule has 25 heavy (non-hydrogen) atoms. The molecule has 0 heterocycles. The minimum atomic E-state index is -0.557. The zero-order valence-electron chi connectivity index (χ0n) is 14.9. The Hall–Kier alpha value is -2.68. The summed E-state index contributed by atoms with van der Waals surface area (Å²) in [7, 11) is 0. The maximum atomic E-state index is 13.9. The predicted molar refractivity (Wildman–Crippen MR) is 100 cm³/mol. The van der Waals surface area contributed by atoms with E-state index in [0.717, 1.165) is 23.1 Å². The average Bonchev–Trinajstić information content (AvgIpc) is 2.61. The Kier molecular flexibility index (Phi) is 6.70. The minimum Gasteiger partial charge on any atom is -0.488 e. The molecular formula is C22H23FO2. The lowest BCUT2D eigenvalue weighted by Crippen LogP contribution is -2.05. The van der Waals surface area contributed by atoms with Crippen LogP contribution in [0.15, 0.2) is 60.7 Å². The van der Waals surface area contributed by atoms with E-state index in [-0.39, 0.29) is 23.7 Å². The summed E-state index contributed by atoms with van der Waals surface area (Å²) in [6.07, 6.45) is 7.20. The van der Waals surface area contributed by atoms with Crippen molar-refractivity contribution < 1.29 is 13.9 Å². The van der Waals surface area contributed by atoms with Crippen molar-refractivity contribution in [1.29, 1.82) is 0 Å². The molecule has 0 aliphatic carbocycles. The molecule has 0 atom stereocenters. The van der Waals surface area contributed by atoms with Crippen molar-refractivity contribution >= 4 is 11.4 Å². The molecule has 0 unspecified atom stereocenters. The van der Waals surface area contributed by atoms with E-state index in [1.54, 1.807) is 12.1 Å². The molecule has 0 bridgehead atoms. The molecule has 0 amide bonds. The maximum Gasteiger partial charge on any atom is 0.166 e. The fourth-order valence-corrected chi connectivity index (χ4v) is 2.64. The first-order valence-electron chi connectivity index (χ1n) is 8.41. The highest BCUT2D eigenvalue weighted by Crippen LogP contribution is 2.26. The monoisotopic (exact) mass is 338 g/mol. The Balaban J connectivity index is 2.30. The molecule has 2 aromatic rings. The van der Waals surface area contributed by atoms with Gasteiger partial charge in [-0.3, -0.25) is 4.79 Å². The van der Waals surface area contributed by atoms with Crippen molar-refractivity contribution in [3.63, 3.8) is 0 Å². The third-order valence-corrected chi connectivity index (χ3v) is 3.88. The number of allylic oxidation sites excluding steroid dienone is 4. The van der Waals surface area contributed by atoms with Crippen molar-refractivity contribution in [2.24, 2.45) is 0 Å². The standard InChI is InChI=1S/C22H23FO2/c1-4-6-10-17(5-2)19-12-8-7-11-18(19)15-25-21-14-9-13-20(23)22(21)16(3)24/h5-14H,4,15H2,1-3H3/b10-6-,17-5+. The lowest BCUT2D eigenvalue weighted by Gasteiger charge is -2.14. The number of halogens is 1. The highest BCUT2D eigenvalue weighted by molar-refractivity contribution is 5.97. The first-order valence-corrected chi connectivity index (χ1v) is 8.41. The first kappa shape index (κ1) is 18.7. The van der Waals surface area contributed by atoms with Crippen LogP contribution in [0.5, 0.6) is 5.75 Å². The maximum absolute atomic E-state index is 13.9. The molecule has 0 saturated carbocycles. The van der Waals surface area contributed by atoms with E-state index in [4.69, 9.17) is 4.74 Å². The van der Waals surface area contributed by atoms with Crippen LogP contribution in [0.25, 0.3) is 5.57 Å². The molecule has 2 nitrogen and oxygen atoms in total. The van der Waals surface area contributed by atoms with Crippen LogP contribution in [0.4, 0.5) is 4.39 Å². The van der Waals surface area contributed by atoms with Gasteiger partial charge in [0.2, 0.25) is 0 Å². The van der Waals surface area contributed by atoms with Crippen LogP contribution in [0.2, 0.25) is 0 Å². The van der Waals surface area contributed by atoms with Gasteiger partial charge < -0.3 is 4.74 Å². The smallest absolute Gasteiger partial charge is 0.166 e. The normalized spacial score (nSPS) is 11.8. The number of hydrogen-bond donors (Lipinski definition) is 0. The van der Waals surface area contributed by atoms with Crippen molar-refractivity contribution in [1.82, 2.24) is 0 Å². The summed E-state index contributed by atoms with van der Waals surface area (Å²) >= 11 is 0. The largest absolute Gasteiger partial charge is 0.488 e. The number of rotatable bonds is 7. The average molecular weight is 338 g/mol. The Morgan fingerprint density at radius 2 is 1.92 bits per heavy atom. The molecule has 3 heteroatoms. The van der Waals surface area contributed by atoms with Crippen LogP contribution in [-0.2, 0) is 6.61 Å². The highest BCUT2D eigenvalue weighted by atomic mass is 19.1. The van der Waals surface area contributed by atoms with E-state index in [0.29, 0.717) is 0 Å². The van der Waals surface area contributed by atoms with Gasteiger partial charge >= 0.3 is 0 Å². The van der Waals surface area contributed by atoms with Crippen LogP contribution < -0.4 is 4.74 Å². The molecule has 2 rings (SSSR count). The minimum absolute atomic E-state index is 0.00267. The quantitative estimate of drug-likeness (QED) is 0.459. The summed E-state index contributed by atoms with van der Waals surface area (Å²) < 4.78 is 19.7. The van der Waals surface area contributed by atoms with E-state index in [1.807, 2.05) is 37.3 Å². The fourth-order valence-electron chi connectivity index (χ4n) is 2.64. The van der Waals surface area contributed by atoms with Crippen LogP contribution >= 0.6 is 0 Å². The van der Waals surface area contributed by atoms with Crippen LogP contribution in [0, 0.1) is 5.82 Å².